The molecule has 0 aromatic heterocycles. The highest BCUT2D eigenvalue weighted by Gasteiger charge is 2.57. The van der Waals surface area contributed by atoms with Crippen LogP contribution >= 0.6 is 0 Å². The van der Waals surface area contributed by atoms with Crippen LogP contribution in [-0.4, -0.2) is 18.2 Å². The molecule has 0 radical (unpaired) electrons. The fourth-order valence-corrected chi connectivity index (χ4v) is 3.16. The Bertz CT molecular complexity index is 322. The van der Waals surface area contributed by atoms with Crippen molar-refractivity contribution in [3.05, 3.63) is 0 Å². The average Bonchev–Trinajstić information content (AvgIpc) is 2.40. The zero-order chi connectivity index (χ0) is 11.3. The van der Waals surface area contributed by atoms with Gasteiger partial charge in [-0.2, -0.15) is 0 Å². The smallest absolute Gasteiger partial charge is 0.223 e. The van der Waals surface area contributed by atoms with E-state index < -0.39 is 0 Å². The van der Waals surface area contributed by atoms with E-state index in [-0.39, 0.29) is 22.7 Å². The molecule has 2 rings (SSSR count). The number of Topliss-reactive ketones (excluding diaryl/α,β-unsaturated/α-hetero) is 1. The van der Waals surface area contributed by atoms with Crippen molar-refractivity contribution < 1.29 is 9.59 Å². The van der Waals surface area contributed by atoms with Gasteiger partial charge in [-0.1, -0.05) is 20.8 Å². The Kier molecular flexibility index (Phi) is 2.18. The van der Waals surface area contributed by atoms with Crippen LogP contribution in [0, 0.1) is 16.7 Å². The first-order valence-electron chi connectivity index (χ1n) is 5.70. The third-order valence-electron chi connectivity index (χ3n) is 4.81. The number of fused-ring (bicyclic) bond motifs is 2. The van der Waals surface area contributed by atoms with E-state index in [1.165, 1.54) is 0 Å². The van der Waals surface area contributed by atoms with Gasteiger partial charge >= 0.3 is 0 Å². The summed E-state index contributed by atoms with van der Waals surface area (Å²) in [7, 11) is 0. The van der Waals surface area contributed by atoms with Crippen LogP contribution in [0.4, 0.5) is 0 Å². The Morgan fingerprint density at radius 3 is 2.60 bits per heavy atom. The van der Waals surface area contributed by atoms with Gasteiger partial charge in [0.25, 0.3) is 0 Å². The second-order valence-electron chi connectivity index (χ2n) is 5.61. The van der Waals surface area contributed by atoms with Gasteiger partial charge in [0.05, 0.1) is 0 Å². The second-order valence-corrected chi connectivity index (χ2v) is 5.61. The van der Waals surface area contributed by atoms with Crippen molar-refractivity contribution in [2.24, 2.45) is 16.7 Å². The van der Waals surface area contributed by atoms with E-state index in [1.54, 1.807) is 0 Å². The molecule has 1 heterocycles. The molecule has 3 heteroatoms. The fraction of sp³-hybridized carbons (Fsp3) is 0.833. The van der Waals surface area contributed by atoms with Crippen molar-refractivity contribution in [2.75, 3.05) is 6.54 Å². The van der Waals surface area contributed by atoms with Crippen molar-refractivity contribution in [2.45, 2.75) is 40.0 Å². The number of hydrogen-bond donors (Lipinski definition) is 1. The molecule has 1 N–H and O–H groups in total. The SMILES string of the molecule is CC12CCC(C(=O)NCCC1=O)C2(C)C. The van der Waals surface area contributed by atoms with E-state index >= 15 is 0 Å². The Labute approximate surface area is 90.6 Å². The van der Waals surface area contributed by atoms with E-state index in [1.807, 2.05) is 6.92 Å². The van der Waals surface area contributed by atoms with E-state index in [9.17, 15) is 9.59 Å². The zero-order valence-electron chi connectivity index (χ0n) is 9.72. The summed E-state index contributed by atoms with van der Waals surface area (Å²) in [4.78, 5) is 24.0. The topological polar surface area (TPSA) is 46.2 Å². The quantitative estimate of drug-likeness (QED) is 0.657. The van der Waals surface area contributed by atoms with Crippen LogP contribution in [0.25, 0.3) is 0 Å². The lowest BCUT2D eigenvalue weighted by atomic mass is 9.62. The maximum atomic E-state index is 12.1. The van der Waals surface area contributed by atoms with Crippen LogP contribution in [0.3, 0.4) is 0 Å². The van der Waals surface area contributed by atoms with Gasteiger partial charge < -0.3 is 5.32 Å². The molecule has 1 amide bonds. The number of carbonyl (C=O) groups excluding carboxylic acids is 2. The number of ketones is 1. The molecule has 3 nitrogen and oxygen atoms in total. The zero-order valence-corrected chi connectivity index (χ0v) is 9.72. The number of carbonyl (C=O) groups is 2. The van der Waals surface area contributed by atoms with E-state index in [0.717, 1.165) is 12.8 Å². The molecule has 1 aliphatic heterocycles. The molecule has 1 saturated carbocycles. The predicted molar refractivity (Wildman–Crippen MR) is 57.2 cm³/mol. The van der Waals surface area contributed by atoms with Crippen molar-refractivity contribution in [3.63, 3.8) is 0 Å². The predicted octanol–water partition coefficient (Wildman–Crippen LogP) is 1.52. The average molecular weight is 209 g/mol. The van der Waals surface area contributed by atoms with Crippen molar-refractivity contribution >= 4 is 11.7 Å². The number of rotatable bonds is 0. The summed E-state index contributed by atoms with van der Waals surface area (Å²) < 4.78 is 0. The van der Waals surface area contributed by atoms with Crippen LogP contribution < -0.4 is 5.32 Å². The summed E-state index contributed by atoms with van der Waals surface area (Å²) in [5.74, 6) is 0.456. The number of amides is 1. The summed E-state index contributed by atoms with van der Waals surface area (Å²) in [6.45, 7) is 6.68. The molecule has 1 aliphatic carbocycles. The summed E-state index contributed by atoms with van der Waals surface area (Å²) >= 11 is 0. The molecule has 2 fully saturated rings. The first-order chi connectivity index (χ1) is 6.89. The normalized spacial score (nSPS) is 39.5. The molecule has 2 unspecified atom stereocenters. The highest BCUT2D eigenvalue weighted by molar-refractivity contribution is 5.90. The van der Waals surface area contributed by atoms with Gasteiger partial charge in [-0.15, -0.1) is 0 Å². The molecule has 15 heavy (non-hydrogen) atoms. The summed E-state index contributed by atoms with van der Waals surface area (Å²) in [5.41, 5.74) is -0.496. The molecule has 1 saturated heterocycles. The van der Waals surface area contributed by atoms with Gasteiger partial charge in [-0.05, 0) is 18.3 Å². The van der Waals surface area contributed by atoms with Crippen molar-refractivity contribution in [3.8, 4) is 0 Å². The van der Waals surface area contributed by atoms with Gasteiger partial charge in [0.1, 0.15) is 5.78 Å². The van der Waals surface area contributed by atoms with Crippen LogP contribution in [0.5, 0.6) is 0 Å². The van der Waals surface area contributed by atoms with Gasteiger partial charge in [-0.25, -0.2) is 0 Å². The highest BCUT2D eigenvalue weighted by atomic mass is 16.2. The summed E-state index contributed by atoms with van der Waals surface area (Å²) in [6.07, 6.45) is 2.19. The minimum atomic E-state index is -0.296. The van der Waals surface area contributed by atoms with Crippen molar-refractivity contribution in [1.82, 2.24) is 5.32 Å². The minimum absolute atomic E-state index is 0.00625. The van der Waals surface area contributed by atoms with Gasteiger partial charge in [0.2, 0.25) is 5.91 Å². The lowest BCUT2D eigenvalue weighted by molar-refractivity contribution is -0.139. The van der Waals surface area contributed by atoms with Gasteiger partial charge in [0, 0.05) is 24.3 Å². The molecule has 0 spiro atoms. The van der Waals surface area contributed by atoms with Crippen LogP contribution in [0.15, 0.2) is 0 Å². The fourth-order valence-electron chi connectivity index (χ4n) is 3.16. The highest BCUT2D eigenvalue weighted by Crippen LogP contribution is 2.57. The lowest BCUT2D eigenvalue weighted by Crippen LogP contribution is -2.48. The molecule has 0 aromatic carbocycles. The van der Waals surface area contributed by atoms with E-state index in [4.69, 9.17) is 0 Å². The Balaban J connectivity index is 2.44. The monoisotopic (exact) mass is 209 g/mol. The van der Waals surface area contributed by atoms with E-state index in [2.05, 4.69) is 19.2 Å². The third kappa shape index (κ3) is 1.25. The molecule has 2 aliphatic rings. The van der Waals surface area contributed by atoms with Gasteiger partial charge in [0.15, 0.2) is 0 Å². The third-order valence-corrected chi connectivity index (χ3v) is 4.81. The Hall–Kier alpha value is -0.860. The first kappa shape index (κ1) is 10.7. The summed E-state index contributed by atoms with van der Waals surface area (Å²) in [5, 5.41) is 2.86. The van der Waals surface area contributed by atoms with Crippen LogP contribution in [0.1, 0.15) is 40.0 Å². The standard InChI is InChI=1S/C12H19NO2/c1-11(2)8-4-6-12(11,3)9(14)5-7-13-10(8)15/h8H,4-7H2,1-3H3,(H,13,15). The second kappa shape index (κ2) is 3.06. The largest absolute Gasteiger partial charge is 0.355 e. The molecular formula is C12H19NO2. The Morgan fingerprint density at radius 2 is 1.93 bits per heavy atom. The maximum absolute atomic E-state index is 12.1. The molecule has 2 bridgehead atoms. The van der Waals surface area contributed by atoms with E-state index in [0.29, 0.717) is 18.7 Å². The van der Waals surface area contributed by atoms with Crippen molar-refractivity contribution in [1.29, 1.82) is 0 Å². The van der Waals surface area contributed by atoms with Crippen LogP contribution in [0.2, 0.25) is 0 Å². The maximum Gasteiger partial charge on any atom is 0.223 e. The Morgan fingerprint density at radius 1 is 1.27 bits per heavy atom. The van der Waals surface area contributed by atoms with Gasteiger partial charge in [-0.3, -0.25) is 9.59 Å². The molecular weight excluding hydrogens is 190 g/mol. The molecule has 84 valence electrons. The lowest BCUT2D eigenvalue weighted by Gasteiger charge is -2.41. The number of nitrogens with one attached hydrogen (secondary N) is 1. The molecule has 2 atom stereocenters. The molecule has 0 aromatic rings. The van der Waals surface area contributed by atoms with Crippen LogP contribution in [-0.2, 0) is 9.59 Å². The summed E-state index contributed by atoms with van der Waals surface area (Å²) in [6, 6.07) is 0. The minimum Gasteiger partial charge on any atom is -0.355 e. The number of hydrogen-bond acceptors (Lipinski definition) is 2. The first-order valence-corrected chi connectivity index (χ1v) is 5.70.